The number of phenolic OH excluding ortho intramolecular Hbond substituents is 1. The van der Waals surface area contributed by atoms with E-state index in [0.29, 0.717) is 99.4 Å². The van der Waals surface area contributed by atoms with E-state index in [1.165, 1.54) is 109 Å². The number of halogens is 5. The van der Waals surface area contributed by atoms with Crippen LogP contribution in [0.3, 0.4) is 0 Å². The zero-order valence-corrected chi connectivity index (χ0v) is 59.1. The highest BCUT2D eigenvalue weighted by Gasteiger charge is 2.33. The average Bonchev–Trinajstić information content (AvgIpc) is 1.65. The van der Waals surface area contributed by atoms with E-state index in [9.17, 15) is 56.6 Å². The van der Waals surface area contributed by atoms with E-state index < -0.39 is 5.82 Å². The number of benzene rings is 4. The Balaban J connectivity index is 0.000000148. The van der Waals surface area contributed by atoms with Crippen LogP contribution in [0.25, 0.3) is 0 Å². The number of hydrogen-bond donors (Lipinski definition) is 3. The van der Waals surface area contributed by atoms with Crippen LogP contribution in [0.4, 0.5) is 30.6 Å². The third kappa shape index (κ3) is 20.0. The molecule has 4 amide bonds. The first-order valence-corrected chi connectivity index (χ1v) is 32.6. The molecule has 4 aliphatic rings. The summed E-state index contributed by atoms with van der Waals surface area (Å²) in [5, 5.41) is 36.7. The molecule has 11 heterocycles. The summed E-state index contributed by atoms with van der Waals surface area (Å²) < 4.78 is 58.5. The van der Waals surface area contributed by atoms with Crippen LogP contribution in [0, 0.1) is 17.5 Å². The number of hydrogen-bond acceptors (Lipinski definition) is 20. The Labute approximate surface area is 608 Å². The largest absolute Gasteiger partial charge is 0.508 e. The normalized spacial score (nSPS) is 12.4. The number of carbonyl (C=O) groups is 4. The Hall–Kier alpha value is -12.6. The molecule has 0 spiro atoms. The lowest BCUT2D eigenvalue weighted by Crippen LogP contribution is -2.28. The van der Waals surface area contributed by atoms with Gasteiger partial charge in [-0.05, 0) is 172 Å². The lowest BCUT2D eigenvalue weighted by atomic mass is 10.1. The molecule has 540 valence electrons. The van der Waals surface area contributed by atoms with Crippen LogP contribution in [-0.4, -0.2) is 102 Å². The molecule has 0 radical (unpaired) electrons. The number of nitrogens with zero attached hydrogens (tertiary/aromatic N) is 14. The predicted octanol–water partition coefficient (Wildman–Crippen LogP) is 7.80. The zero-order valence-electron chi connectivity index (χ0n) is 56.7. The molecule has 0 saturated heterocycles. The molecular weight excluding hydrogens is 1460 g/mol. The van der Waals surface area contributed by atoms with E-state index in [2.05, 4.69) is 56.6 Å². The van der Waals surface area contributed by atoms with E-state index in [4.69, 9.17) is 30.9 Å². The highest BCUT2D eigenvalue weighted by molar-refractivity contribution is 9.10. The number of ether oxygens (including phenoxy) is 3. The molecule has 0 saturated carbocycles. The van der Waals surface area contributed by atoms with Gasteiger partial charge in [-0.25, -0.2) is 31.9 Å². The standard InChI is InChI=1S/C19H15FN4O3.C14H13N3O3.C13H11N3O3.C9H9NO2.C6H5ClFN.C6H6FNO.C5H5BrN2O/c1-23-18(25)7-6-17(22-23)24-10-12-8-15(4-5-16(12)19(24)26)27-11-14-3-2-13(20)9-21-14;1-16-13(18)6-5-12(15-16)17-8-9-7-10(20-2)3-4-11(9)14(17)19;1-15-12(18)5-4-11(14-15)16-7-8-6-9(17)2-3-10(8)13(16)19;1-12-7-2-3-8-6(4-7)5-10-9(8)11;7-3-6-2-1-5(8)4-9-6;7-5-1-2-6(4-9)8-3-5;1-8-5(9)3-2-4(6)7-8/h2-9H,10-11H2,1H3;3-7H,8H2,1-2H3;2-6,17H,7H2,1H3;2-4H,5H2,1H3,(H,10,11);1-2,4H,3H2;1-3,9H,4H2;2-3H,1H3. The molecule has 4 aromatic carbocycles. The third-order valence-corrected chi connectivity index (χ3v) is 16.2. The summed E-state index contributed by atoms with van der Waals surface area (Å²) in [4.78, 5) is 109. The second-order valence-corrected chi connectivity index (χ2v) is 23.7. The fraction of sp³-hybridized carbons (Fsp3) is 0.181. The Morgan fingerprint density at radius 1 is 0.457 bits per heavy atom. The van der Waals surface area contributed by atoms with Crippen molar-refractivity contribution in [1.29, 1.82) is 0 Å². The van der Waals surface area contributed by atoms with Crippen molar-refractivity contribution in [2.24, 2.45) is 28.2 Å². The summed E-state index contributed by atoms with van der Waals surface area (Å²) >= 11 is 8.52. The molecule has 0 fully saturated rings. The summed E-state index contributed by atoms with van der Waals surface area (Å²) in [6.07, 6.45) is 3.36. The maximum absolute atomic E-state index is 12.9. The molecular formula is C72H64BrClF3N15O13. The van der Waals surface area contributed by atoms with Crippen molar-refractivity contribution in [1.82, 2.24) is 59.4 Å². The van der Waals surface area contributed by atoms with Crippen LogP contribution in [0.15, 0.2) is 200 Å². The molecule has 33 heteroatoms. The van der Waals surface area contributed by atoms with Gasteiger partial charge in [-0.1, -0.05) is 0 Å². The van der Waals surface area contributed by atoms with Gasteiger partial charge in [0.15, 0.2) is 17.5 Å². The molecule has 4 aliphatic heterocycles. The van der Waals surface area contributed by atoms with Gasteiger partial charge in [0.25, 0.3) is 45.9 Å². The third-order valence-electron chi connectivity index (χ3n) is 15.5. The summed E-state index contributed by atoms with van der Waals surface area (Å²) in [5.41, 5.74) is 6.98. The molecule has 0 bridgehead atoms. The van der Waals surface area contributed by atoms with Crippen LogP contribution in [-0.2, 0) is 73.5 Å². The first kappa shape index (κ1) is 76.6. The molecule has 15 rings (SSSR count). The Morgan fingerprint density at radius 2 is 0.838 bits per heavy atom. The van der Waals surface area contributed by atoms with Crippen LogP contribution < -0.4 is 56.5 Å². The SMILES string of the molecule is COc1ccc2c(c1)CN(c1ccc(=O)n(C)n1)C2=O.COc1ccc2c(c1)CNC2=O.Cn1nc(Br)ccc1=O.Cn1nc(N2Cc3cc(O)ccc3C2=O)ccc1=O.Cn1nc(N2Cc3cc(OCc4ccc(F)cn4)ccc3C2=O)ccc1=O.Fc1ccc(CCl)nc1.OCc1ccc(F)cn1. The maximum Gasteiger partial charge on any atom is 0.266 e. The quantitative estimate of drug-likeness (QED) is 0.110. The van der Waals surface area contributed by atoms with Gasteiger partial charge in [0.05, 0.1) is 82.0 Å². The van der Waals surface area contributed by atoms with E-state index >= 15 is 0 Å². The average molecular weight is 1520 g/mol. The van der Waals surface area contributed by atoms with Gasteiger partial charge in [0.2, 0.25) is 0 Å². The minimum absolute atomic E-state index is 0.00709. The number of phenols is 1. The lowest BCUT2D eigenvalue weighted by molar-refractivity contribution is 0.0962. The smallest absolute Gasteiger partial charge is 0.266 e. The van der Waals surface area contributed by atoms with Crippen molar-refractivity contribution in [3.8, 4) is 23.0 Å². The number of nitrogens with one attached hydrogen (secondary N) is 1. The van der Waals surface area contributed by atoms with Gasteiger partial charge in [-0.15, -0.1) is 11.6 Å². The number of carbonyl (C=O) groups excluding carboxylic acids is 4. The monoisotopic (exact) mass is 1520 g/mol. The number of aromatic nitrogens is 11. The molecule has 0 unspecified atom stereocenters. The Kier molecular flexibility index (Phi) is 25.8. The van der Waals surface area contributed by atoms with Crippen molar-refractivity contribution in [2.45, 2.75) is 45.3 Å². The highest BCUT2D eigenvalue weighted by Crippen LogP contribution is 2.33. The van der Waals surface area contributed by atoms with Crippen molar-refractivity contribution in [3.05, 3.63) is 301 Å². The minimum atomic E-state index is -0.401. The number of aromatic hydroxyl groups is 1. The van der Waals surface area contributed by atoms with Crippen molar-refractivity contribution in [2.75, 3.05) is 28.9 Å². The topological polar surface area (TPSA) is 336 Å². The second-order valence-electron chi connectivity index (χ2n) is 22.6. The molecule has 28 nitrogen and oxygen atoms in total. The van der Waals surface area contributed by atoms with Crippen molar-refractivity contribution in [3.63, 3.8) is 0 Å². The van der Waals surface area contributed by atoms with Gasteiger partial charge in [-0.3, -0.25) is 68.0 Å². The highest BCUT2D eigenvalue weighted by atomic mass is 79.9. The number of aliphatic hydroxyl groups is 1. The van der Waals surface area contributed by atoms with Crippen molar-refractivity contribution >= 4 is 68.6 Å². The van der Waals surface area contributed by atoms with Gasteiger partial charge in [-0.2, -0.15) is 20.4 Å². The summed E-state index contributed by atoms with van der Waals surface area (Å²) in [7, 11) is 9.44. The van der Waals surface area contributed by atoms with E-state index in [1.807, 2.05) is 12.1 Å². The number of anilines is 3. The summed E-state index contributed by atoms with van der Waals surface area (Å²) in [6.45, 7) is 1.78. The van der Waals surface area contributed by atoms with E-state index in [0.717, 1.165) is 52.2 Å². The van der Waals surface area contributed by atoms with Crippen molar-refractivity contribution < 1.29 is 56.8 Å². The van der Waals surface area contributed by atoms with Gasteiger partial charge in [0, 0.05) is 81.3 Å². The molecule has 3 N–H and O–H groups in total. The first-order chi connectivity index (χ1) is 50.3. The van der Waals surface area contributed by atoms with Crippen LogP contribution in [0.2, 0.25) is 0 Å². The Bertz CT molecular complexity index is 5200. The zero-order chi connectivity index (χ0) is 75.6. The minimum Gasteiger partial charge on any atom is -0.508 e. The Morgan fingerprint density at radius 3 is 1.24 bits per heavy atom. The lowest BCUT2D eigenvalue weighted by Gasteiger charge is -2.14. The van der Waals surface area contributed by atoms with Crippen LogP contribution >= 0.6 is 27.5 Å². The first-order valence-electron chi connectivity index (χ1n) is 31.3. The molecule has 11 aromatic rings. The molecule has 7 aromatic heterocycles. The molecule has 105 heavy (non-hydrogen) atoms. The number of rotatable bonds is 10. The number of fused-ring (bicyclic) bond motifs is 4. The van der Waals surface area contributed by atoms with E-state index in [1.54, 1.807) is 112 Å². The van der Waals surface area contributed by atoms with Gasteiger partial charge >= 0.3 is 0 Å². The number of alkyl halides is 1. The fourth-order valence-electron chi connectivity index (χ4n) is 10.0. The molecule has 0 atom stereocenters. The second kappa shape index (κ2) is 35.4. The predicted molar refractivity (Wildman–Crippen MR) is 381 cm³/mol. The van der Waals surface area contributed by atoms with Gasteiger partial charge in [0.1, 0.15) is 51.7 Å². The number of methoxy groups -OCH3 is 2. The summed E-state index contributed by atoms with van der Waals surface area (Å²) in [5.74, 6) is 2.27. The fourth-order valence-corrected chi connectivity index (χ4v) is 10.5. The maximum atomic E-state index is 12.9. The van der Waals surface area contributed by atoms with Gasteiger partial charge < -0.3 is 29.7 Å². The number of aliphatic hydroxyl groups excluding tert-OH is 1. The van der Waals surface area contributed by atoms with Crippen LogP contribution in [0.1, 0.15) is 80.8 Å². The number of amides is 4. The molecule has 0 aliphatic carbocycles. The van der Waals surface area contributed by atoms with Crippen LogP contribution in [0.5, 0.6) is 23.0 Å². The number of aryl methyl sites for hydroxylation is 4. The number of pyridine rings is 3. The van der Waals surface area contributed by atoms with E-state index in [-0.39, 0.29) is 76.5 Å². The summed E-state index contributed by atoms with van der Waals surface area (Å²) in [6, 6.07) is 41.0.